The number of allylic oxidation sites excluding steroid dienone is 2. The molecule has 2 heteroatoms. The molecule has 2 nitrogen and oxygen atoms in total. The maximum atomic E-state index is 11.0. The molecule has 1 atom stereocenters. The molecule has 0 unspecified atom stereocenters. The first-order valence-corrected chi connectivity index (χ1v) is 4.62. The standard InChI is InChI=1S/C10H16O2/c1-3-8(2)12-10-6-4-5-9(11)7-10/h7-8H,3-6H2,1-2H3/t8-/m1/s1. The maximum Gasteiger partial charge on any atom is 0.159 e. The minimum Gasteiger partial charge on any atom is -0.495 e. The van der Waals surface area contributed by atoms with E-state index in [1.165, 1.54) is 0 Å². The average Bonchev–Trinajstić information content (AvgIpc) is 2.04. The van der Waals surface area contributed by atoms with Gasteiger partial charge in [0.1, 0.15) is 0 Å². The Balaban J connectivity index is 2.45. The van der Waals surface area contributed by atoms with Gasteiger partial charge in [-0.25, -0.2) is 0 Å². The lowest BCUT2D eigenvalue weighted by atomic mass is 10.1. The number of ketones is 1. The van der Waals surface area contributed by atoms with Crippen molar-refractivity contribution >= 4 is 5.78 Å². The smallest absolute Gasteiger partial charge is 0.159 e. The second-order valence-corrected chi connectivity index (χ2v) is 3.27. The van der Waals surface area contributed by atoms with E-state index in [2.05, 4.69) is 6.92 Å². The highest BCUT2D eigenvalue weighted by molar-refractivity contribution is 5.90. The zero-order valence-corrected chi connectivity index (χ0v) is 7.80. The molecule has 0 N–H and O–H groups in total. The first kappa shape index (κ1) is 9.30. The molecule has 0 bridgehead atoms. The van der Waals surface area contributed by atoms with Gasteiger partial charge in [-0.1, -0.05) is 6.92 Å². The quantitative estimate of drug-likeness (QED) is 0.647. The molecule has 0 aliphatic heterocycles. The second kappa shape index (κ2) is 4.29. The fourth-order valence-corrected chi connectivity index (χ4v) is 1.20. The van der Waals surface area contributed by atoms with Crippen molar-refractivity contribution in [3.05, 3.63) is 11.8 Å². The van der Waals surface area contributed by atoms with Crippen molar-refractivity contribution in [3.63, 3.8) is 0 Å². The molecule has 0 aromatic heterocycles. The number of ether oxygens (including phenoxy) is 1. The van der Waals surface area contributed by atoms with Crippen LogP contribution in [0.2, 0.25) is 0 Å². The Morgan fingerprint density at radius 3 is 2.92 bits per heavy atom. The predicted molar refractivity (Wildman–Crippen MR) is 47.8 cm³/mol. The number of carbonyl (C=O) groups excluding carboxylic acids is 1. The van der Waals surface area contributed by atoms with Crippen LogP contribution in [0.5, 0.6) is 0 Å². The van der Waals surface area contributed by atoms with Gasteiger partial charge in [0, 0.05) is 18.9 Å². The van der Waals surface area contributed by atoms with E-state index >= 15 is 0 Å². The highest BCUT2D eigenvalue weighted by atomic mass is 16.5. The summed E-state index contributed by atoms with van der Waals surface area (Å²) in [6, 6.07) is 0. The minimum absolute atomic E-state index is 0.208. The largest absolute Gasteiger partial charge is 0.495 e. The molecule has 1 aliphatic carbocycles. The van der Waals surface area contributed by atoms with Crippen LogP contribution in [0.25, 0.3) is 0 Å². The van der Waals surface area contributed by atoms with E-state index in [1.54, 1.807) is 6.08 Å². The summed E-state index contributed by atoms with van der Waals surface area (Å²) in [6.07, 6.45) is 5.44. The van der Waals surface area contributed by atoms with Crippen LogP contribution in [-0.2, 0) is 9.53 Å². The van der Waals surface area contributed by atoms with Gasteiger partial charge < -0.3 is 4.74 Å². The van der Waals surface area contributed by atoms with E-state index in [1.807, 2.05) is 6.92 Å². The van der Waals surface area contributed by atoms with E-state index in [0.717, 1.165) is 25.0 Å². The third kappa shape index (κ3) is 2.68. The molecule has 0 aromatic carbocycles. The van der Waals surface area contributed by atoms with E-state index in [0.29, 0.717) is 6.42 Å². The SMILES string of the molecule is CC[C@@H](C)OC1=CC(=O)CCC1. The van der Waals surface area contributed by atoms with Crippen LogP contribution in [0.3, 0.4) is 0 Å². The van der Waals surface area contributed by atoms with Gasteiger partial charge in [0.25, 0.3) is 0 Å². The van der Waals surface area contributed by atoms with Gasteiger partial charge >= 0.3 is 0 Å². The Bertz CT molecular complexity index is 194. The van der Waals surface area contributed by atoms with Gasteiger partial charge in [-0.15, -0.1) is 0 Å². The molecule has 1 rings (SSSR count). The van der Waals surface area contributed by atoms with Crippen molar-refractivity contribution < 1.29 is 9.53 Å². The lowest BCUT2D eigenvalue weighted by molar-refractivity contribution is -0.115. The monoisotopic (exact) mass is 168 g/mol. The van der Waals surface area contributed by atoms with Crippen LogP contribution < -0.4 is 0 Å². The fourth-order valence-electron chi connectivity index (χ4n) is 1.20. The van der Waals surface area contributed by atoms with E-state index < -0.39 is 0 Å². The summed E-state index contributed by atoms with van der Waals surface area (Å²) >= 11 is 0. The second-order valence-electron chi connectivity index (χ2n) is 3.27. The van der Waals surface area contributed by atoms with Gasteiger partial charge in [-0.05, 0) is 19.8 Å². The number of hydrogen-bond donors (Lipinski definition) is 0. The molecule has 12 heavy (non-hydrogen) atoms. The molecular formula is C10H16O2. The third-order valence-electron chi connectivity index (χ3n) is 2.10. The predicted octanol–water partition coefficient (Wildman–Crippen LogP) is 2.44. The van der Waals surface area contributed by atoms with E-state index in [-0.39, 0.29) is 11.9 Å². The van der Waals surface area contributed by atoms with Crippen LogP contribution in [0.15, 0.2) is 11.8 Å². The molecule has 0 spiro atoms. The summed E-state index contributed by atoms with van der Waals surface area (Å²) in [4.78, 5) is 11.0. The third-order valence-corrected chi connectivity index (χ3v) is 2.10. The Labute approximate surface area is 73.6 Å². The zero-order valence-electron chi connectivity index (χ0n) is 7.80. The van der Waals surface area contributed by atoms with Crippen molar-refractivity contribution in [1.82, 2.24) is 0 Å². The van der Waals surface area contributed by atoms with Crippen LogP contribution in [-0.4, -0.2) is 11.9 Å². The molecular weight excluding hydrogens is 152 g/mol. The first-order chi connectivity index (χ1) is 5.72. The minimum atomic E-state index is 0.208. The Morgan fingerprint density at radius 1 is 1.58 bits per heavy atom. The molecule has 0 saturated carbocycles. The summed E-state index contributed by atoms with van der Waals surface area (Å²) < 4.78 is 5.55. The molecule has 68 valence electrons. The Kier molecular flexibility index (Phi) is 3.32. The topological polar surface area (TPSA) is 26.3 Å². The summed E-state index contributed by atoms with van der Waals surface area (Å²) in [5, 5.41) is 0. The molecule has 1 aliphatic rings. The molecule has 0 amide bonds. The zero-order chi connectivity index (χ0) is 8.97. The van der Waals surface area contributed by atoms with Gasteiger partial charge in [-0.2, -0.15) is 0 Å². The molecule has 0 heterocycles. The highest BCUT2D eigenvalue weighted by Crippen LogP contribution is 2.18. The van der Waals surface area contributed by atoms with Gasteiger partial charge in [-0.3, -0.25) is 4.79 Å². The van der Waals surface area contributed by atoms with Crippen molar-refractivity contribution in [2.24, 2.45) is 0 Å². The van der Waals surface area contributed by atoms with Crippen molar-refractivity contribution in [2.75, 3.05) is 0 Å². The van der Waals surface area contributed by atoms with E-state index in [4.69, 9.17) is 4.74 Å². The summed E-state index contributed by atoms with van der Waals surface area (Å²) in [5.41, 5.74) is 0. The fraction of sp³-hybridized carbons (Fsp3) is 0.700. The van der Waals surface area contributed by atoms with Crippen molar-refractivity contribution in [1.29, 1.82) is 0 Å². The lowest BCUT2D eigenvalue weighted by Gasteiger charge is -2.17. The van der Waals surface area contributed by atoms with Crippen LogP contribution in [0.4, 0.5) is 0 Å². The number of hydrogen-bond acceptors (Lipinski definition) is 2. The Hall–Kier alpha value is -0.790. The van der Waals surface area contributed by atoms with E-state index in [9.17, 15) is 4.79 Å². The van der Waals surface area contributed by atoms with Crippen LogP contribution in [0.1, 0.15) is 39.5 Å². The lowest BCUT2D eigenvalue weighted by Crippen LogP contribution is -2.11. The maximum absolute atomic E-state index is 11.0. The number of carbonyl (C=O) groups is 1. The molecule has 0 saturated heterocycles. The van der Waals surface area contributed by atoms with Gasteiger partial charge in [0.05, 0.1) is 11.9 Å². The first-order valence-electron chi connectivity index (χ1n) is 4.62. The van der Waals surface area contributed by atoms with Crippen molar-refractivity contribution in [2.45, 2.75) is 45.6 Å². The molecule has 0 fully saturated rings. The van der Waals surface area contributed by atoms with Crippen molar-refractivity contribution in [3.8, 4) is 0 Å². The summed E-state index contributed by atoms with van der Waals surface area (Å²) in [6.45, 7) is 4.11. The van der Waals surface area contributed by atoms with Gasteiger partial charge in [0.15, 0.2) is 5.78 Å². The summed E-state index contributed by atoms with van der Waals surface area (Å²) in [7, 11) is 0. The van der Waals surface area contributed by atoms with Crippen LogP contribution in [0, 0.1) is 0 Å². The average molecular weight is 168 g/mol. The summed E-state index contributed by atoms with van der Waals surface area (Å²) in [5.74, 6) is 1.08. The van der Waals surface area contributed by atoms with Crippen LogP contribution >= 0.6 is 0 Å². The number of rotatable bonds is 3. The molecule has 0 aromatic rings. The Morgan fingerprint density at radius 2 is 2.33 bits per heavy atom. The highest BCUT2D eigenvalue weighted by Gasteiger charge is 2.12. The normalized spacial score (nSPS) is 20.2. The van der Waals surface area contributed by atoms with Gasteiger partial charge in [0.2, 0.25) is 0 Å². The molecule has 0 radical (unpaired) electrons.